The van der Waals surface area contributed by atoms with Gasteiger partial charge in [-0.1, -0.05) is 0 Å². The molecule has 0 saturated carbocycles. The maximum atomic E-state index is 12.1. The van der Waals surface area contributed by atoms with Gasteiger partial charge in [0.05, 0.1) is 0 Å². The highest BCUT2D eigenvalue weighted by atomic mass is 19.4. The lowest BCUT2D eigenvalue weighted by Gasteiger charge is -2.07. The number of benzene rings is 1. The van der Waals surface area contributed by atoms with Crippen molar-refractivity contribution in [1.82, 2.24) is 20.2 Å². The molecule has 2 aromatic rings. The van der Waals surface area contributed by atoms with Crippen LogP contribution in [-0.2, 0) is 6.54 Å². The third-order valence-electron chi connectivity index (χ3n) is 2.53. The van der Waals surface area contributed by atoms with Crippen molar-refractivity contribution in [3.63, 3.8) is 0 Å². The fourth-order valence-corrected chi connectivity index (χ4v) is 1.62. The van der Waals surface area contributed by atoms with Crippen LogP contribution in [0.25, 0.3) is 11.4 Å². The molecule has 2 rings (SSSR count). The molecule has 0 amide bonds. The Morgan fingerprint density at radius 2 is 1.84 bits per heavy atom. The topological polar surface area (TPSA) is 69.6 Å². The predicted octanol–water partition coefficient (Wildman–Crippen LogP) is 2.26. The van der Waals surface area contributed by atoms with E-state index in [4.69, 9.17) is 5.73 Å². The molecular formula is C11H12F3N5. The summed E-state index contributed by atoms with van der Waals surface area (Å²) in [6, 6.07) is 6.82. The molecule has 0 bridgehead atoms. The second-order valence-corrected chi connectivity index (χ2v) is 4.07. The van der Waals surface area contributed by atoms with Crippen molar-refractivity contribution >= 4 is 5.69 Å². The number of aromatic nitrogens is 4. The molecule has 0 aliphatic rings. The smallest absolute Gasteiger partial charge is 0.389 e. The van der Waals surface area contributed by atoms with Crippen molar-refractivity contribution in [2.75, 3.05) is 5.73 Å². The minimum atomic E-state index is -4.16. The lowest BCUT2D eigenvalue weighted by molar-refractivity contribution is -0.136. The van der Waals surface area contributed by atoms with Crippen molar-refractivity contribution in [3.05, 3.63) is 24.3 Å². The molecule has 2 N–H and O–H groups in total. The molecule has 0 spiro atoms. The first-order chi connectivity index (χ1) is 8.96. The number of halogens is 3. The second kappa shape index (κ2) is 5.25. The molecule has 0 saturated heterocycles. The number of hydrogen-bond acceptors (Lipinski definition) is 4. The van der Waals surface area contributed by atoms with Crippen LogP contribution in [-0.4, -0.2) is 26.4 Å². The Labute approximate surface area is 107 Å². The van der Waals surface area contributed by atoms with E-state index in [1.807, 2.05) is 0 Å². The van der Waals surface area contributed by atoms with Gasteiger partial charge in [0, 0.05) is 24.2 Å². The monoisotopic (exact) mass is 271 g/mol. The van der Waals surface area contributed by atoms with Gasteiger partial charge in [0.15, 0.2) is 5.82 Å². The molecule has 19 heavy (non-hydrogen) atoms. The van der Waals surface area contributed by atoms with Crippen LogP contribution in [0.5, 0.6) is 0 Å². The average Bonchev–Trinajstić information content (AvgIpc) is 2.77. The molecule has 8 heteroatoms. The van der Waals surface area contributed by atoms with Gasteiger partial charge in [-0.3, -0.25) is 0 Å². The molecule has 1 heterocycles. The van der Waals surface area contributed by atoms with E-state index in [2.05, 4.69) is 15.5 Å². The summed E-state index contributed by atoms with van der Waals surface area (Å²) in [5.74, 6) is 0.433. The van der Waals surface area contributed by atoms with Gasteiger partial charge in [-0.15, -0.1) is 5.10 Å². The van der Waals surface area contributed by atoms with E-state index < -0.39 is 12.6 Å². The molecule has 1 aromatic carbocycles. The number of nitrogens with zero attached hydrogens (tertiary/aromatic N) is 4. The van der Waals surface area contributed by atoms with Crippen LogP contribution >= 0.6 is 0 Å². The van der Waals surface area contributed by atoms with Gasteiger partial charge >= 0.3 is 6.18 Å². The molecular weight excluding hydrogens is 259 g/mol. The van der Waals surface area contributed by atoms with E-state index in [0.717, 1.165) is 0 Å². The van der Waals surface area contributed by atoms with Crippen molar-refractivity contribution in [2.24, 2.45) is 0 Å². The number of nitrogen functional groups attached to an aromatic ring is 1. The average molecular weight is 271 g/mol. The third kappa shape index (κ3) is 3.67. The highest BCUT2D eigenvalue weighted by Crippen LogP contribution is 2.22. The Kier molecular flexibility index (Phi) is 3.68. The number of rotatable bonds is 4. The third-order valence-corrected chi connectivity index (χ3v) is 2.53. The van der Waals surface area contributed by atoms with Gasteiger partial charge in [0.25, 0.3) is 0 Å². The molecule has 5 nitrogen and oxygen atoms in total. The molecule has 0 aliphatic heterocycles. The normalized spacial score (nSPS) is 11.7. The summed E-state index contributed by atoms with van der Waals surface area (Å²) in [5, 5.41) is 11.0. The zero-order valence-corrected chi connectivity index (χ0v) is 9.93. The Bertz CT molecular complexity index is 532. The molecule has 102 valence electrons. The minimum absolute atomic E-state index is 0.0590. The van der Waals surface area contributed by atoms with E-state index in [9.17, 15) is 13.2 Å². The van der Waals surface area contributed by atoms with Crippen molar-refractivity contribution in [2.45, 2.75) is 25.6 Å². The van der Waals surface area contributed by atoms with Gasteiger partial charge in [-0.25, -0.2) is 4.68 Å². The summed E-state index contributed by atoms with van der Waals surface area (Å²) in [6.07, 6.45) is -5.07. The SMILES string of the molecule is Nc1ccc(-c2nnnn2CCCC(F)(F)F)cc1. The summed E-state index contributed by atoms with van der Waals surface area (Å²) in [4.78, 5) is 0. The zero-order chi connectivity index (χ0) is 13.9. The van der Waals surface area contributed by atoms with Gasteiger partial charge in [-0.05, 0) is 41.1 Å². The standard InChI is InChI=1S/C11H12F3N5/c12-11(13,14)6-1-7-19-10(16-17-18-19)8-2-4-9(15)5-3-8/h2-5H,1,6-7,15H2. The maximum Gasteiger partial charge on any atom is 0.389 e. The molecule has 1 aromatic heterocycles. The van der Waals surface area contributed by atoms with Gasteiger partial charge in [-0.2, -0.15) is 13.2 Å². The van der Waals surface area contributed by atoms with Gasteiger partial charge in [0.1, 0.15) is 0 Å². The Balaban J connectivity index is 2.07. The summed E-state index contributed by atoms with van der Waals surface area (Å²) in [5.41, 5.74) is 6.87. The van der Waals surface area contributed by atoms with Crippen molar-refractivity contribution in [3.8, 4) is 11.4 Å². The highest BCUT2D eigenvalue weighted by Gasteiger charge is 2.26. The first-order valence-electron chi connectivity index (χ1n) is 5.64. The predicted molar refractivity (Wildman–Crippen MR) is 63.0 cm³/mol. The Hall–Kier alpha value is -2.12. The first kappa shape index (κ1) is 13.3. The lowest BCUT2D eigenvalue weighted by atomic mass is 10.2. The molecule has 0 unspecified atom stereocenters. The summed E-state index contributed by atoms with van der Waals surface area (Å²) in [6.45, 7) is 0.117. The number of anilines is 1. The van der Waals surface area contributed by atoms with Crippen LogP contribution in [0.4, 0.5) is 18.9 Å². The largest absolute Gasteiger partial charge is 0.399 e. The molecule has 0 fully saturated rings. The number of alkyl halides is 3. The Morgan fingerprint density at radius 3 is 2.47 bits per heavy atom. The molecule has 0 radical (unpaired) electrons. The van der Waals surface area contributed by atoms with Crippen LogP contribution < -0.4 is 5.73 Å². The fourth-order valence-electron chi connectivity index (χ4n) is 1.62. The van der Waals surface area contributed by atoms with Crippen LogP contribution in [0.15, 0.2) is 24.3 Å². The van der Waals surface area contributed by atoms with Crippen molar-refractivity contribution in [1.29, 1.82) is 0 Å². The van der Waals surface area contributed by atoms with Crippen molar-refractivity contribution < 1.29 is 13.2 Å². The van der Waals surface area contributed by atoms with Crippen LogP contribution in [0, 0.1) is 0 Å². The van der Waals surface area contributed by atoms with E-state index in [0.29, 0.717) is 17.1 Å². The van der Waals surface area contributed by atoms with Gasteiger partial charge < -0.3 is 5.73 Å². The fraction of sp³-hybridized carbons (Fsp3) is 0.364. The van der Waals surface area contributed by atoms with Crippen LogP contribution in [0.1, 0.15) is 12.8 Å². The van der Waals surface area contributed by atoms with E-state index in [1.165, 1.54) is 4.68 Å². The molecule has 0 atom stereocenters. The van der Waals surface area contributed by atoms with Crippen LogP contribution in [0.3, 0.4) is 0 Å². The van der Waals surface area contributed by atoms with E-state index in [1.54, 1.807) is 24.3 Å². The first-order valence-corrected chi connectivity index (χ1v) is 5.64. The summed E-state index contributed by atoms with van der Waals surface area (Å²) >= 11 is 0. The summed E-state index contributed by atoms with van der Waals surface area (Å²) in [7, 11) is 0. The lowest BCUT2D eigenvalue weighted by Crippen LogP contribution is -2.10. The quantitative estimate of drug-likeness (QED) is 0.866. The van der Waals surface area contributed by atoms with E-state index in [-0.39, 0.29) is 13.0 Å². The second-order valence-electron chi connectivity index (χ2n) is 4.07. The number of tetrazole rings is 1. The van der Waals surface area contributed by atoms with E-state index >= 15 is 0 Å². The number of aryl methyl sites for hydroxylation is 1. The maximum absolute atomic E-state index is 12.1. The zero-order valence-electron chi connectivity index (χ0n) is 9.93. The minimum Gasteiger partial charge on any atom is -0.399 e. The summed E-state index contributed by atoms with van der Waals surface area (Å²) < 4.78 is 37.6. The number of hydrogen-bond donors (Lipinski definition) is 1. The highest BCUT2D eigenvalue weighted by molar-refractivity contribution is 5.58. The van der Waals surface area contributed by atoms with Gasteiger partial charge in [0.2, 0.25) is 0 Å². The van der Waals surface area contributed by atoms with Crippen LogP contribution in [0.2, 0.25) is 0 Å². The molecule has 0 aliphatic carbocycles. The Morgan fingerprint density at radius 1 is 1.16 bits per heavy atom. The number of nitrogens with two attached hydrogens (primary N) is 1.